The topological polar surface area (TPSA) is 39.3 Å². The molecule has 4 nitrogen and oxygen atoms in total. The summed E-state index contributed by atoms with van der Waals surface area (Å²) in [6.45, 7) is 0. The summed E-state index contributed by atoms with van der Waals surface area (Å²) in [5.41, 5.74) is 5.30. The van der Waals surface area contributed by atoms with Gasteiger partial charge in [-0.2, -0.15) is 5.10 Å². The maximum absolute atomic E-state index is 12.9. The zero-order chi connectivity index (χ0) is 19.3. The summed E-state index contributed by atoms with van der Waals surface area (Å²) in [4.78, 5) is 12.9. The number of hydrogen-bond donors (Lipinski definition) is 0. The molecule has 28 heavy (non-hydrogen) atoms. The van der Waals surface area contributed by atoms with Crippen molar-refractivity contribution in [2.75, 3.05) is 0 Å². The first-order chi connectivity index (χ1) is 13.6. The minimum atomic E-state index is -0.0420. The van der Waals surface area contributed by atoms with Crippen LogP contribution in [0.15, 0.2) is 83.7 Å². The summed E-state index contributed by atoms with van der Waals surface area (Å²) in [7, 11) is 1.77. The fourth-order valence-corrected chi connectivity index (χ4v) is 3.75. The minimum Gasteiger partial charge on any atom is -0.296 e. The largest absolute Gasteiger partial charge is 0.296 e. The van der Waals surface area contributed by atoms with Crippen molar-refractivity contribution in [3.8, 4) is 22.4 Å². The maximum atomic E-state index is 12.9. The van der Waals surface area contributed by atoms with Crippen LogP contribution in [0.5, 0.6) is 0 Å². The Bertz CT molecular complexity index is 1400. The summed E-state index contributed by atoms with van der Waals surface area (Å²) in [5, 5.41) is 6.07. The van der Waals surface area contributed by atoms with Crippen molar-refractivity contribution in [1.82, 2.24) is 14.2 Å². The van der Waals surface area contributed by atoms with E-state index < -0.39 is 0 Å². The van der Waals surface area contributed by atoms with Crippen molar-refractivity contribution in [2.24, 2.45) is 7.05 Å². The van der Waals surface area contributed by atoms with E-state index in [4.69, 9.17) is 16.7 Å². The molecule has 2 heterocycles. The van der Waals surface area contributed by atoms with Gasteiger partial charge in [-0.1, -0.05) is 60.1 Å². The van der Waals surface area contributed by atoms with Crippen LogP contribution < -0.4 is 5.56 Å². The molecule has 3 aromatic carbocycles. The Morgan fingerprint density at radius 1 is 0.821 bits per heavy atom. The fraction of sp³-hybridized carbons (Fsp3) is 0.0435. The number of aromatic nitrogens is 3. The summed E-state index contributed by atoms with van der Waals surface area (Å²) < 4.78 is 3.46. The van der Waals surface area contributed by atoms with Crippen LogP contribution in [0.2, 0.25) is 5.02 Å². The van der Waals surface area contributed by atoms with E-state index in [1.807, 2.05) is 71.2 Å². The molecule has 0 radical (unpaired) electrons. The average molecular weight is 386 g/mol. The van der Waals surface area contributed by atoms with Crippen LogP contribution in [-0.4, -0.2) is 14.2 Å². The van der Waals surface area contributed by atoms with E-state index >= 15 is 0 Å². The molecule has 0 atom stereocenters. The SMILES string of the molecule is Cn1c(=O)c2ccc(-c3ccccc3)cc2n2nc(-c3cccc(Cl)c3)cc12. The molecule has 0 N–H and O–H groups in total. The van der Waals surface area contributed by atoms with Crippen molar-refractivity contribution < 1.29 is 0 Å². The highest BCUT2D eigenvalue weighted by molar-refractivity contribution is 6.30. The first-order valence-electron chi connectivity index (χ1n) is 8.96. The Morgan fingerprint density at radius 3 is 2.39 bits per heavy atom. The molecule has 5 aromatic rings. The van der Waals surface area contributed by atoms with Gasteiger partial charge in [0.1, 0.15) is 5.65 Å². The average Bonchev–Trinajstić information content (AvgIpc) is 3.18. The summed E-state index contributed by atoms with van der Waals surface area (Å²) in [6.07, 6.45) is 0. The van der Waals surface area contributed by atoms with Gasteiger partial charge in [-0.25, -0.2) is 4.52 Å². The van der Waals surface area contributed by atoms with Crippen LogP contribution in [0.4, 0.5) is 0 Å². The molecule has 0 saturated carbocycles. The van der Waals surface area contributed by atoms with E-state index in [0.717, 1.165) is 33.5 Å². The molecular formula is C23H16ClN3O. The van der Waals surface area contributed by atoms with E-state index in [9.17, 15) is 4.79 Å². The number of rotatable bonds is 2. The second-order valence-electron chi connectivity index (χ2n) is 6.77. The molecule has 0 aliphatic carbocycles. The highest BCUT2D eigenvalue weighted by atomic mass is 35.5. The second-order valence-corrected chi connectivity index (χ2v) is 7.21. The number of fused-ring (bicyclic) bond motifs is 3. The molecule has 136 valence electrons. The Hall–Kier alpha value is -3.37. The molecule has 0 bridgehead atoms. The normalized spacial score (nSPS) is 11.4. The quantitative estimate of drug-likeness (QED) is 0.420. The lowest BCUT2D eigenvalue weighted by Crippen LogP contribution is -2.19. The zero-order valence-electron chi connectivity index (χ0n) is 15.1. The monoisotopic (exact) mass is 385 g/mol. The van der Waals surface area contributed by atoms with Crippen molar-refractivity contribution in [1.29, 1.82) is 0 Å². The Labute approximate surface area is 166 Å². The molecule has 0 amide bonds. The van der Waals surface area contributed by atoms with Crippen LogP contribution in [0, 0.1) is 0 Å². The van der Waals surface area contributed by atoms with Crippen LogP contribution >= 0.6 is 11.6 Å². The molecule has 0 spiro atoms. The molecule has 0 fully saturated rings. The summed E-state index contributed by atoms with van der Waals surface area (Å²) >= 11 is 6.14. The van der Waals surface area contributed by atoms with Crippen molar-refractivity contribution in [3.63, 3.8) is 0 Å². The van der Waals surface area contributed by atoms with Crippen LogP contribution in [0.3, 0.4) is 0 Å². The first kappa shape index (κ1) is 16.8. The third-order valence-electron chi connectivity index (χ3n) is 5.02. The fourth-order valence-electron chi connectivity index (χ4n) is 3.56. The maximum Gasteiger partial charge on any atom is 0.261 e. The molecule has 0 saturated heterocycles. The minimum absolute atomic E-state index is 0.0420. The number of benzene rings is 3. The molecule has 5 heteroatoms. The van der Waals surface area contributed by atoms with Gasteiger partial charge in [0.15, 0.2) is 0 Å². The smallest absolute Gasteiger partial charge is 0.261 e. The summed E-state index contributed by atoms with van der Waals surface area (Å²) in [6, 6.07) is 25.5. The summed E-state index contributed by atoms with van der Waals surface area (Å²) in [5.74, 6) is 0. The Morgan fingerprint density at radius 2 is 1.61 bits per heavy atom. The van der Waals surface area contributed by atoms with Gasteiger partial charge >= 0.3 is 0 Å². The third kappa shape index (κ3) is 2.62. The van der Waals surface area contributed by atoms with Crippen molar-refractivity contribution >= 4 is 28.2 Å². The van der Waals surface area contributed by atoms with Gasteiger partial charge in [0, 0.05) is 23.7 Å². The third-order valence-corrected chi connectivity index (χ3v) is 5.26. The predicted octanol–water partition coefficient (Wildman–Crippen LogP) is 5.17. The van der Waals surface area contributed by atoms with Gasteiger partial charge in [-0.05, 0) is 35.4 Å². The highest BCUT2D eigenvalue weighted by Gasteiger charge is 2.14. The van der Waals surface area contributed by atoms with Crippen molar-refractivity contribution in [3.05, 3.63) is 94.2 Å². The molecule has 0 unspecified atom stereocenters. The number of aryl methyl sites for hydroxylation is 1. The van der Waals surface area contributed by atoms with Crippen LogP contribution in [0.25, 0.3) is 38.9 Å². The lowest BCUT2D eigenvalue weighted by Gasteiger charge is -2.08. The van der Waals surface area contributed by atoms with Gasteiger partial charge in [0.2, 0.25) is 0 Å². The first-order valence-corrected chi connectivity index (χ1v) is 9.33. The second kappa shape index (κ2) is 6.36. The van der Waals surface area contributed by atoms with Gasteiger partial charge < -0.3 is 0 Å². The Kier molecular flexibility index (Phi) is 3.81. The number of hydrogen-bond acceptors (Lipinski definition) is 2. The molecule has 2 aromatic heterocycles. The predicted molar refractivity (Wildman–Crippen MR) is 114 cm³/mol. The molecule has 0 aliphatic rings. The molecular weight excluding hydrogens is 370 g/mol. The van der Waals surface area contributed by atoms with E-state index in [-0.39, 0.29) is 5.56 Å². The standard InChI is InChI=1S/C23H16ClN3O/c1-26-22-14-20(17-8-5-9-18(24)12-17)25-27(22)21-13-16(10-11-19(21)23(26)28)15-6-3-2-4-7-15/h2-14H,1H3. The van der Waals surface area contributed by atoms with Crippen LogP contribution in [0.1, 0.15) is 0 Å². The van der Waals surface area contributed by atoms with E-state index in [1.54, 1.807) is 11.6 Å². The van der Waals surface area contributed by atoms with Gasteiger partial charge in [-0.15, -0.1) is 0 Å². The van der Waals surface area contributed by atoms with Gasteiger partial charge in [-0.3, -0.25) is 9.36 Å². The van der Waals surface area contributed by atoms with E-state index in [2.05, 4.69) is 12.1 Å². The lowest BCUT2D eigenvalue weighted by molar-refractivity contribution is 0.850. The number of nitrogens with zero attached hydrogens (tertiary/aromatic N) is 3. The lowest BCUT2D eigenvalue weighted by atomic mass is 10.0. The van der Waals surface area contributed by atoms with E-state index in [1.165, 1.54) is 0 Å². The zero-order valence-corrected chi connectivity index (χ0v) is 15.9. The van der Waals surface area contributed by atoms with E-state index in [0.29, 0.717) is 10.4 Å². The Balaban J connectivity index is 1.83. The molecule has 5 rings (SSSR count). The van der Waals surface area contributed by atoms with Crippen molar-refractivity contribution in [2.45, 2.75) is 0 Å². The van der Waals surface area contributed by atoms with Gasteiger partial charge in [0.25, 0.3) is 5.56 Å². The molecule has 0 aliphatic heterocycles. The number of halogens is 1. The highest BCUT2D eigenvalue weighted by Crippen LogP contribution is 2.26. The van der Waals surface area contributed by atoms with Gasteiger partial charge in [0.05, 0.1) is 16.6 Å². The van der Waals surface area contributed by atoms with Crippen LogP contribution in [-0.2, 0) is 7.05 Å².